The largest absolute Gasteiger partial charge is 0.519 e. The summed E-state index contributed by atoms with van der Waals surface area (Å²) in [6.07, 6.45) is 2.54. The van der Waals surface area contributed by atoms with Crippen molar-refractivity contribution in [2.75, 3.05) is 13.2 Å². The zero-order valence-corrected chi connectivity index (χ0v) is 17.5. The lowest BCUT2D eigenvalue weighted by Crippen LogP contribution is -2.52. The first-order valence-electron chi connectivity index (χ1n) is 10.9. The second-order valence-corrected chi connectivity index (χ2v) is 8.31. The Morgan fingerprint density at radius 3 is 1.52 bits per heavy atom. The summed E-state index contributed by atoms with van der Waals surface area (Å²) >= 11 is 0. The summed E-state index contributed by atoms with van der Waals surface area (Å²) in [4.78, 5) is 10.0. The van der Waals surface area contributed by atoms with Crippen LogP contribution in [0.5, 0.6) is 0 Å². The SMILES string of the molecule is CC[B-](CC)(C1=N[C@@H](Cc2ccccc2)CO1)C1=N[C@@H](Cc2ccccc2)CO1. The van der Waals surface area contributed by atoms with Crippen LogP contribution in [0.4, 0.5) is 0 Å². The van der Waals surface area contributed by atoms with Gasteiger partial charge in [0.2, 0.25) is 0 Å². The molecule has 0 aromatic heterocycles. The molecule has 0 N–H and O–H groups in total. The molecule has 0 bridgehead atoms. The first-order chi connectivity index (χ1) is 14.2. The number of aliphatic imine (C=N–C) groups is 2. The second-order valence-electron chi connectivity index (χ2n) is 8.31. The highest BCUT2D eigenvalue weighted by atomic mass is 16.5. The van der Waals surface area contributed by atoms with Gasteiger partial charge in [0.1, 0.15) is 13.2 Å². The molecule has 0 saturated carbocycles. The summed E-state index contributed by atoms with van der Waals surface area (Å²) < 4.78 is 12.3. The molecule has 152 valence electrons. The molecule has 2 aliphatic rings. The normalized spacial score (nSPS) is 21.3. The Morgan fingerprint density at radius 2 is 1.14 bits per heavy atom. The molecule has 0 unspecified atom stereocenters. The minimum atomic E-state index is -1.16. The van der Waals surface area contributed by atoms with Gasteiger partial charge in [-0.05, 0) is 24.0 Å². The standard InChI is InChI=1S/C24H30BN2O2/c1-3-25(4-2,23-26-21(17-28-23)15-19-11-7-5-8-12-19)24-27-22(18-29-24)16-20-13-9-6-10-14-20/h5-14,21-22H,3-4,15-18H2,1-2H3/q-1/t21-,22-/m0/s1. The molecule has 0 radical (unpaired) electrons. The third-order valence-electron chi connectivity index (χ3n) is 6.43. The van der Waals surface area contributed by atoms with Crippen LogP contribution in [0.25, 0.3) is 0 Å². The van der Waals surface area contributed by atoms with E-state index in [1.54, 1.807) is 0 Å². The van der Waals surface area contributed by atoms with Gasteiger partial charge in [-0.2, -0.15) is 12.6 Å². The fourth-order valence-electron chi connectivity index (χ4n) is 4.55. The Morgan fingerprint density at radius 1 is 0.724 bits per heavy atom. The fraction of sp³-hybridized carbons (Fsp3) is 0.417. The van der Waals surface area contributed by atoms with E-state index in [4.69, 9.17) is 19.5 Å². The van der Waals surface area contributed by atoms with Crippen LogP contribution in [0.15, 0.2) is 70.6 Å². The first kappa shape index (κ1) is 19.7. The van der Waals surface area contributed by atoms with E-state index in [1.165, 1.54) is 11.1 Å². The minimum absolute atomic E-state index is 0.175. The summed E-state index contributed by atoms with van der Waals surface area (Å²) in [5, 5.41) is 0. The molecule has 0 spiro atoms. The third kappa shape index (κ3) is 4.24. The predicted molar refractivity (Wildman–Crippen MR) is 121 cm³/mol. The number of rotatable bonds is 8. The van der Waals surface area contributed by atoms with E-state index in [9.17, 15) is 0 Å². The molecule has 2 heterocycles. The molecule has 2 atom stereocenters. The van der Waals surface area contributed by atoms with Crippen LogP contribution in [0.1, 0.15) is 25.0 Å². The van der Waals surface area contributed by atoms with E-state index < -0.39 is 6.15 Å². The van der Waals surface area contributed by atoms with Crippen molar-refractivity contribution in [3.63, 3.8) is 0 Å². The van der Waals surface area contributed by atoms with Crippen molar-refractivity contribution in [1.82, 2.24) is 0 Å². The Bertz CT molecular complexity index is 793. The summed E-state index contributed by atoms with van der Waals surface area (Å²) in [5.74, 6) is 1.74. The molecular weight excluding hydrogens is 359 g/mol. The van der Waals surface area contributed by atoms with Crippen molar-refractivity contribution in [3.8, 4) is 0 Å². The Hall–Kier alpha value is -2.56. The zero-order valence-electron chi connectivity index (χ0n) is 17.5. The molecule has 29 heavy (non-hydrogen) atoms. The molecule has 0 amide bonds. The van der Waals surface area contributed by atoms with E-state index in [2.05, 4.69) is 62.4 Å². The summed E-state index contributed by atoms with van der Waals surface area (Å²) in [7, 11) is 0. The van der Waals surface area contributed by atoms with Gasteiger partial charge in [0.15, 0.2) is 6.15 Å². The lowest BCUT2D eigenvalue weighted by molar-refractivity contribution is 0.314. The number of hydrogen-bond acceptors (Lipinski definition) is 4. The van der Waals surface area contributed by atoms with Crippen LogP contribution in [0.3, 0.4) is 0 Å². The summed E-state index contributed by atoms with van der Waals surface area (Å²) in [6.45, 7) is 5.70. The average Bonchev–Trinajstić information content (AvgIpc) is 3.42. The third-order valence-corrected chi connectivity index (χ3v) is 6.43. The molecule has 0 saturated heterocycles. The van der Waals surface area contributed by atoms with Crippen LogP contribution < -0.4 is 0 Å². The number of nitrogens with zero attached hydrogens (tertiary/aromatic N) is 2. The van der Waals surface area contributed by atoms with Crippen LogP contribution in [-0.4, -0.2) is 43.0 Å². The highest BCUT2D eigenvalue weighted by Crippen LogP contribution is 2.28. The lowest BCUT2D eigenvalue weighted by Gasteiger charge is -2.36. The summed E-state index contributed by atoms with van der Waals surface area (Å²) in [6, 6.07) is 21.4. The predicted octanol–water partition coefficient (Wildman–Crippen LogP) is 4.63. The van der Waals surface area contributed by atoms with Crippen molar-refractivity contribution < 1.29 is 9.47 Å². The van der Waals surface area contributed by atoms with Crippen LogP contribution >= 0.6 is 0 Å². The molecule has 2 aromatic carbocycles. The molecule has 5 heteroatoms. The zero-order chi connectivity index (χ0) is 20.1. The maximum Gasteiger partial charge on any atom is 0.180 e. The van der Waals surface area contributed by atoms with Gasteiger partial charge in [-0.15, -0.1) is 0 Å². The van der Waals surface area contributed by atoms with Gasteiger partial charge < -0.3 is 9.47 Å². The van der Waals surface area contributed by atoms with Crippen molar-refractivity contribution in [2.24, 2.45) is 9.98 Å². The van der Waals surface area contributed by atoms with Gasteiger partial charge in [0.05, 0.1) is 12.1 Å². The van der Waals surface area contributed by atoms with Crippen LogP contribution in [0.2, 0.25) is 12.6 Å². The molecule has 0 fully saturated rings. The van der Waals surface area contributed by atoms with Crippen molar-refractivity contribution >= 4 is 17.7 Å². The molecule has 2 aliphatic heterocycles. The van der Waals surface area contributed by atoms with E-state index in [1.807, 2.05) is 12.1 Å². The van der Waals surface area contributed by atoms with Crippen molar-refractivity contribution in [3.05, 3.63) is 71.8 Å². The van der Waals surface area contributed by atoms with Gasteiger partial charge in [-0.25, -0.2) is 0 Å². The van der Waals surface area contributed by atoms with Crippen molar-refractivity contribution in [2.45, 2.75) is 51.4 Å². The maximum atomic E-state index is 6.17. The molecule has 0 aliphatic carbocycles. The summed E-state index contributed by atoms with van der Waals surface area (Å²) in [5.41, 5.74) is 2.60. The van der Waals surface area contributed by atoms with E-state index in [0.29, 0.717) is 13.2 Å². The highest BCUT2D eigenvalue weighted by Gasteiger charge is 2.40. The monoisotopic (exact) mass is 389 g/mol. The Kier molecular flexibility index (Phi) is 6.03. The fourth-order valence-corrected chi connectivity index (χ4v) is 4.55. The maximum absolute atomic E-state index is 6.17. The quantitative estimate of drug-likeness (QED) is 0.618. The molecule has 2 aromatic rings. The van der Waals surface area contributed by atoms with Crippen molar-refractivity contribution in [1.29, 1.82) is 0 Å². The van der Waals surface area contributed by atoms with E-state index in [-0.39, 0.29) is 12.1 Å². The smallest absolute Gasteiger partial charge is 0.180 e. The van der Waals surface area contributed by atoms with Gasteiger partial charge >= 0.3 is 0 Å². The highest BCUT2D eigenvalue weighted by molar-refractivity contribution is 7.24. The van der Waals surface area contributed by atoms with Crippen LogP contribution in [0, 0.1) is 0 Å². The van der Waals surface area contributed by atoms with Gasteiger partial charge in [0, 0.05) is 11.6 Å². The van der Waals surface area contributed by atoms with Gasteiger partial charge in [-0.1, -0.05) is 74.5 Å². The first-order valence-corrected chi connectivity index (χ1v) is 10.9. The topological polar surface area (TPSA) is 43.2 Å². The lowest BCUT2D eigenvalue weighted by atomic mass is 9.21. The van der Waals surface area contributed by atoms with Gasteiger partial charge in [0.25, 0.3) is 0 Å². The van der Waals surface area contributed by atoms with E-state index in [0.717, 1.165) is 37.1 Å². The number of hydrogen-bond donors (Lipinski definition) is 0. The Labute approximate surface area is 174 Å². The number of benzene rings is 2. The minimum Gasteiger partial charge on any atom is -0.519 e. The van der Waals surface area contributed by atoms with E-state index >= 15 is 0 Å². The Balaban J connectivity index is 1.51. The molecule has 4 nitrogen and oxygen atoms in total. The second kappa shape index (κ2) is 8.85. The average molecular weight is 389 g/mol. The van der Waals surface area contributed by atoms with Gasteiger partial charge in [-0.3, -0.25) is 9.98 Å². The van der Waals surface area contributed by atoms with Crippen LogP contribution in [-0.2, 0) is 22.3 Å². The molecular formula is C24H30BN2O2-. The molecule has 4 rings (SSSR count). The number of ether oxygens (including phenoxy) is 2.